The minimum Gasteiger partial charge on any atom is -0.269 e. The molecule has 0 radical (unpaired) electrons. The second kappa shape index (κ2) is 8.23. The lowest BCUT2D eigenvalue weighted by Gasteiger charge is -2.33. The van der Waals surface area contributed by atoms with Gasteiger partial charge in [0.15, 0.2) is 0 Å². The van der Waals surface area contributed by atoms with Crippen molar-refractivity contribution in [2.75, 3.05) is 0 Å². The zero-order valence-electron chi connectivity index (χ0n) is 18.2. The SMILES string of the molecule is CC(C)Cc1ccc2c(c1)[C@@H](N1C(=O)C=CC1=O)[C@@H](CC(C)C)[C@@H]2CC(C)C. The second-order valence-corrected chi connectivity index (χ2v) is 9.92. The first-order valence-corrected chi connectivity index (χ1v) is 10.9. The molecule has 0 N–H and O–H groups in total. The first-order chi connectivity index (χ1) is 13.2. The van der Waals surface area contributed by atoms with Crippen LogP contribution in [0.2, 0.25) is 0 Å². The number of carbonyl (C=O) groups excluding carboxylic acids is 2. The summed E-state index contributed by atoms with van der Waals surface area (Å²) in [6, 6.07) is 6.69. The Morgan fingerprint density at radius 1 is 0.821 bits per heavy atom. The molecule has 3 heteroatoms. The molecule has 1 aliphatic carbocycles. The maximum Gasteiger partial charge on any atom is 0.254 e. The minimum atomic E-state index is -0.158. The summed E-state index contributed by atoms with van der Waals surface area (Å²) in [6.07, 6.45) is 6.00. The van der Waals surface area contributed by atoms with Crippen molar-refractivity contribution in [1.29, 1.82) is 0 Å². The Bertz CT molecular complexity index is 757. The van der Waals surface area contributed by atoms with Gasteiger partial charge >= 0.3 is 0 Å². The summed E-state index contributed by atoms with van der Waals surface area (Å²) in [5.74, 6) is 2.05. The van der Waals surface area contributed by atoms with Crippen molar-refractivity contribution in [2.45, 2.75) is 72.8 Å². The van der Waals surface area contributed by atoms with E-state index < -0.39 is 0 Å². The van der Waals surface area contributed by atoms with Gasteiger partial charge in [0.2, 0.25) is 0 Å². The van der Waals surface area contributed by atoms with Gasteiger partial charge in [0.1, 0.15) is 0 Å². The molecule has 0 unspecified atom stereocenters. The van der Waals surface area contributed by atoms with E-state index in [1.165, 1.54) is 33.7 Å². The van der Waals surface area contributed by atoms with Gasteiger partial charge in [0.25, 0.3) is 11.8 Å². The highest BCUT2D eigenvalue weighted by Crippen LogP contribution is 2.53. The molecule has 1 heterocycles. The molecule has 28 heavy (non-hydrogen) atoms. The van der Waals surface area contributed by atoms with Gasteiger partial charge < -0.3 is 0 Å². The Morgan fingerprint density at radius 3 is 1.96 bits per heavy atom. The van der Waals surface area contributed by atoms with Gasteiger partial charge in [0.05, 0.1) is 6.04 Å². The first-order valence-electron chi connectivity index (χ1n) is 10.9. The normalized spacial score (nSPS) is 24.3. The minimum absolute atomic E-state index is 0.136. The first kappa shape index (κ1) is 20.8. The van der Waals surface area contributed by atoms with Crippen molar-refractivity contribution >= 4 is 11.8 Å². The summed E-state index contributed by atoms with van der Waals surface area (Å²) in [4.78, 5) is 26.8. The lowest BCUT2D eigenvalue weighted by Crippen LogP contribution is -2.37. The van der Waals surface area contributed by atoms with Crippen LogP contribution in [0.1, 0.15) is 83.0 Å². The maximum absolute atomic E-state index is 12.6. The van der Waals surface area contributed by atoms with Crippen LogP contribution < -0.4 is 0 Å². The topological polar surface area (TPSA) is 37.4 Å². The third-order valence-electron chi connectivity index (χ3n) is 6.03. The van der Waals surface area contributed by atoms with E-state index in [0.29, 0.717) is 29.6 Å². The smallest absolute Gasteiger partial charge is 0.254 e. The monoisotopic (exact) mass is 381 g/mol. The predicted molar refractivity (Wildman–Crippen MR) is 114 cm³/mol. The number of imide groups is 1. The Balaban J connectivity index is 2.10. The molecule has 152 valence electrons. The average Bonchev–Trinajstić information content (AvgIpc) is 3.04. The lowest BCUT2D eigenvalue weighted by molar-refractivity contribution is -0.141. The number of nitrogens with zero attached hydrogens (tertiary/aromatic N) is 1. The van der Waals surface area contributed by atoms with Gasteiger partial charge in [-0.2, -0.15) is 0 Å². The van der Waals surface area contributed by atoms with Crippen LogP contribution in [0.15, 0.2) is 30.4 Å². The molecule has 2 amide bonds. The fraction of sp³-hybridized carbons (Fsp3) is 0.600. The van der Waals surface area contributed by atoms with Crippen LogP contribution in [0.3, 0.4) is 0 Å². The molecule has 1 aromatic carbocycles. The Hall–Kier alpha value is -1.90. The van der Waals surface area contributed by atoms with Crippen LogP contribution in [-0.4, -0.2) is 16.7 Å². The van der Waals surface area contributed by atoms with E-state index in [-0.39, 0.29) is 17.9 Å². The van der Waals surface area contributed by atoms with Gasteiger partial charge in [-0.3, -0.25) is 14.5 Å². The summed E-state index contributed by atoms with van der Waals surface area (Å²) in [5.41, 5.74) is 3.86. The van der Waals surface area contributed by atoms with E-state index in [1.54, 1.807) is 0 Å². The van der Waals surface area contributed by atoms with E-state index in [4.69, 9.17) is 0 Å². The highest BCUT2D eigenvalue weighted by atomic mass is 16.2. The Kier molecular flexibility index (Phi) is 6.12. The summed E-state index contributed by atoms with van der Waals surface area (Å²) >= 11 is 0. The zero-order chi connectivity index (χ0) is 20.6. The molecule has 0 aromatic heterocycles. The molecule has 0 spiro atoms. The van der Waals surface area contributed by atoms with Crippen molar-refractivity contribution < 1.29 is 9.59 Å². The predicted octanol–water partition coefficient (Wildman–Crippen LogP) is 5.66. The summed E-state index contributed by atoms with van der Waals surface area (Å²) < 4.78 is 0. The van der Waals surface area contributed by atoms with Crippen molar-refractivity contribution in [2.24, 2.45) is 23.7 Å². The maximum atomic E-state index is 12.6. The van der Waals surface area contributed by atoms with Crippen molar-refractivity contribution in [1.82, 2.24) is 4.90 Å². The zero-order valence-corrected chi connectivity index (χ0v) is 18.2. The molecule has 0 bridgehead atoms. The van der Waals surface area contributed by atoms with Crippen LogP contribution in [0.5, 0.6) is 0 Å². The number of rotatable bonds is 7. The van der Waals surface area contributed by atoms with Gasteiger partial charge in [-0.1, -0.05) is 59.7 Å². The quantitative estimate of drug-likeness (QED) is 0.572. The van der Waals surface area contributed by atoms with E-state index in [1.807, 2.05) is 0 Å². The van der Waals surface area contributed by atoms with Crippen molar-refractivity contribution in [3.8, 4) is 0 Å². The molecule has 0 fully saturated rings. The van der Waals surface area contributed by atoms with Crippen LogP contribution in [0.25, 0.3) is 0 Å². The molecular formula is C25H35NO2. The highest BCUT2D eigenvalue weighted by molar-refractivity contribution is 6.13. The van der Waals surface area contributed by atoms with Gasteiger partial charge in [-0.15, -0.1) is 0 Å². The van der Waals surface area contributed by atoms with E-state index >= 15 is 0 Å². The molecule has 1 aliphatic heterocycles. The average molecular weight is 382 g/mol. The van der Waals surface area contributed by atoms with Crippen molar-refractivity contribution in [3.05, 3.63) is 47.0 Å². The third kappa shape index (κ3) is 4.09. The third-order valence-corrected chi connectivity index (χ3v) is 6.03. The fourth-order valence-corrected chi connectivity index (χ4v) is 5.16. The van der Waals surface area contributed by atoms with E-state index in [0.717, 1.165) is 19.3 Å². The van der Waals surface area contributed by atoms with Crippen LogP contribution in [0.4, 0.5) is 0 Å². The van der Waals surface area contributed by atoms with Crippen LogP contribution in [-0.2, 0) is 16.0 Å². The molecule has 2 aliphatic rings. The Labute approximate surface area is 170 Å². The largest absolute Gasteiger partial charge is 0.269 e. The highest BCUT2D eigenvalue weighted by Gasteiger charge is 2.47. The van der Waals surface area contributed by atoms with Crippen LogP contribution >= 0.6 is 0 Å². The molecule has 3 nitrogen and oxygen atoms in total. The fourth-order valence-electron chi connectivity index (χ4n) is 5.16. The van der Waals surface area contributed by atoms with Crippen molar-refractivity contribution in [3.63, 3.8) is 0 Å². The Morgan fingerprint density at radius 2 is 1.43 bits per heavy atom. The van der Waals surface area contributed by atoms with Gasteiger partial charge in [-0.05, 0) is 65.5 Å². The molecule has 3 rings (SSSR count). The molecule has 1 aromatic rings. The molecule has 0 saturated heterocycles. The number of carbonyl (C=O) groups is 2. The lowest BCUT2D eigenvalue weighted by atomic mass is 9.79. The summed E-state index contributed by atoms with van der Waals surface area (Å²) in [5, 5.41) is 0. The number of hydrogen-bond donors (Lipinski definition) is 0. The summed E-state index contributed by atoms with van der Waals surface area (Å²) in [6.45, 7) is 13.5. The molecule has 0 saturated carbocycles. The number of amides is 2. The molecule has 3 atom stereocenters. The van der Waals surface area contributed by atoms with Gasteiger partial charge in [0, 0.05) is 12.2 Å². The summed E-state index contributed by atoms with van der Waals surface area (Å²) in [7, 11) is 0. The number of fused-ring (bicyclic) bond motifs is 1. The number of benzene rings is 1. The van der Waals surface area contributed by atoms with Crippen LogP contribution in [0, 0.1) is 23.7 Å². The van der Waals surface area contributed by atoms with E-state index in [9.17, 15) is 9.59 Å². The number of hydrogen-bond acceptors (Lipinski definition) is 2. The standard InChI is InChI=1S/C25H35NO2/c1-15(2)11-18-7-8-19-20(12-16(3)4)21(13-17(5)6)25(22(19)14-18)26-23(27)9-10-24(26)28/h7-10,14-17,20-21,25H,11-13H2,1-6H3/t20-,21+,25+/m1/s1. The molecular weight excluding hydrogens is 346 g/mol. The van der Waals surface area contributed by atoms with Gasteiger partial charge in [-0.25, -0.2) is 0 Å². The van der Waals surface area contributed by atoms with E-state index in [2.05, 4.69) is 59.7 Å². The second-order valence-electron chi connectivity index (χ2n) is 9.92.